The molecule has 0 unspecified atom stereocenters. The monoisotopic (exact) mass is 434 g/mol. The quantitative estimate of drug-likeness (QED) is 0.407. The topological polar surface area (TPSA) is 94.6 Å². The van der Waals surface area contributed by atoms with Crippen LogP contribution in [0, 0.1) is 6.92 Å². The second-order valence-electron chi connectivity index (χ2n) is 7.05. The third-order valence-corrected chi connectivity index (χ3v) is 6.66. The third kappa shape index (κ3) is 6.45. The lowest BCUT2D eigenvalue weighted by atomic mass is 10.2. The number of aromatic carboxylic acids is 1. The molecule has 0 atom stereocenters. The zero-order valence-corrected chi connectivity index (χ0v) is 18.1. The Bertz CT molecular complexity index is 833. The number of urea groups is 1. The molecular weight excluding hydrogens is 408 g/mol. The summed E-state index contributed by atoms with van der Waals surface area (Å²) >= 11 is 2.36. The SMILES string of the molecule is Cc1ccc(CSc2nsc(NC(=O)NCCCN3CCCC3)c2C(=O)O)cc1. The van der Waals surface area contributed by atoms with E-state index in [1.165, 1.54) is 30.2 Å². The molecule has 1 fully saturated rings. The van der Waals surface area contributed by atoms with E-state index < -0.39 is 12.0 Å². The molecule has 0 radical (unpaired) electrons. The maximum Gasteiger partial charge on any atom is 0.341 e. The number of thioether (sulfide) groups is 1. The number of aromatic nitrogens is 1. The molecule has 3 rings (SSSR count). The predicted octanol–water partition coefficient (Wildman–Crippen LogP) is 4.05. The summed E-state index contributed by atoms with van der Waals surface area (Å²) in [6, 6.07) is 7.69. The lowest BCUT2D eigenvalue weighted by Crippen LogP contribution is -2.32. The number of rotatable bonds is 9. The molecule has 1 saturated heterocycles. The Hall–Kier alpha value is -2.10. The van der Waals surface area contributed by atoms with Crippen LogP contribution in [-0.4, -0.2) is 52.6 Å². The number of hydrogen-bond donors (Lipinski definition) is 3. The van der Waals surface area contributed by atoms with Gasteiger partial charge in [-0.15, -0.1) is 0 Å². The number of likely N-dealkylation sites (tertiary alicyclic amines) is 1. The van der Waals surface area contributed by atoms with Gasteiger partial charge in [0.25, 0.3) is 0 Å². The van der Waals surface area contributed by atoms with E-state index >= 15 is 0 Å². The third-order valence-electron chi connectivity index (χ3n) is 4.73. The molecular formula is C20H26N4O3S2. The Balaban J connectivity index is 1.51. The van der Waals surface area contributed by atoms with Crippen molar-refractivity contribution in [2.24, 2.45) is 0 Å². The number of nitrogens with one attached hydrogen (secondary N) is 2. The minimum Gasteiger partial charge on any atom is -0.477 e. The zero-order valence-electron chi connectivity index (χ0n) is 16.4. The average molecular weight is 435 g/mol. The van der Waals surface area contributed by atoms with E-state index in [-0.39, 0.29) is 10.6 Å². The predicted molar refractivity (Wildman–Crippen MR) is 117 cm³/mol. The van der Waals surface area contributed by atoms with E-state index in [9.17, 15) is 14.7 Å². The summed E-state index contributed by atoms with van der Waals surface area (Å²) < 4.78 is 4.25. The number of hydrogen-bond acceptors (Lipinski definition) is 6. The first kappa shape index (κ1) is 21.6. The molecule has 1 aliphatic rings. The number of carbonyl (C=O) groups excluding carboxylic acids is 1. The molecule has 2 amide bonds. The molecule has 1 aromatic carbocycles. The first-order valence-electron chi connectivity index (χ1n) is 9.71. The van der Waals surface area contributed by atoms with Crippen molar-refractivity contribution in [2.75, 3.05) is 31.5 Å². The number of amides is 2. The van der Waals surface area contributed by atoms with Gasteiger partial charge in [-0.05, 0) is 62.9 Å². The van der Waals surface area contributed by atoms with Crippen LogP contribution in [-0.2, 0) is 5.75 Å². The molecule has 156 valence electrons. The standard InChI is InChI=1S/C20H26N4O3S2/c1-14-5-7-15(8-6-14)13-28-18-16(19(25)26)17(29-23-18)22-20(27)21-9-4-12-24-10-2-3-11-24/h5-8H,2-4,9-13H2,1H3,(H,25,26)(H2,21,22,27). The molecule has 1 aromatic heterocycles. The summed E-state index contributed by atoms with van der Waals surface area (Å²) in [5, 5.41) is 15.7. The molecule has 9 heteroatoms. The summed E-state index contributed by atoms with van der Waals surface area (Å²) in [5.41, 5.74) is 2.33. The smallest absolute Gasteiger partial charge is 0.341 e. The minimum absolute atomic E-state index is 0.0549. The molecule has 7 nitrogen and oxygen atoms in total. The fourth-order valence-corrected chi connectivity index (χ4v) is 5.04. The second kappa shape index (κ2) is 10.6. The molecule has 0 saturated carbocycles. The van der Waals surface area contributed by atoms with Gasteiger partial charge in [0.15, 0.2) is 0 Å². The molecule has 0 aliphatic carbocycles. The largest absolute Gasteiger partial charge is 0.477 e. The van der Waals surface area contributed by atoms with Gasteiger partial charge >= 0.3 is 12.0 Å². The van der Waals surface area contributed by atoms with Crippen molar-refractivity contribution in [3.63, 3.8) is 0 Å². The van der Waals surface area contributed by atoms with Crippen LogP contribution < -0.4 is 10.6 Å². The van der Waals surface area contributed by atoms with Crippen LogP contribution in [0.5, 0.6) is 0 Å². The van der Waals surface area contributed by atoms with Gasteiger partial charge in [-0.1, -0.05) is 41.6 Å². The van der Waals surface area contributed by atoms with Crippen molar-refractivity contribution in [3.05, 3.63) is 41.0 Å². The van der Waals surface area contributed by atoms with Crippen molar-refractivity contribution < 1.29 is 14.7 Å². The highest BCUT2D eigenvalue weighted by Crippen LogP contribution is 2.33. The van der Waals surface area contributed by atoms with Crippen molar-refractivity contribution in [1.82, 2.24) is 14.6 Å². The van der Waals surface area contributed by atoms with Crippen molar-refractivity contribution >= 4 is 40.3 Å². The Labute approximate surface area is 179 Å². The van der Waals surface area contributed by atoms with Crippen molar-refractivity contribution in [2.45, 2.75) is 37.0 Å². The summed E-state index contributed by atoms with van der Waals surface area (Å²) in [6.07, 6.45) is 3.38. The molecule has 3 N–H and O–H groups in total. The van der Waals surface area contributed by atoms with Gasteiger partial charge in [-0.25, -0.2) is 9.59 Å². The van der Waals surface area contributed by atoms with E-state index in [2.05, 4.69) is 19.9 Å². The first-order chi connectivity index (χ1) is 14.0. The molecule has 2 aromatic rings. The lowest BCUT2D eigenvalue weighted by Gasteiger charge is -2.14. The molecule has 1 aliphatic heterocycles. The van der Waals surface area contributed by atoms with Gasteiger partial charge in [-0.2, -0.15) is 4.37 Å². The van der Waals surface area contributed by atoms with E-state index in [0.717, 1.165) is 43.2 Å². The summed E-state index contributed by atoms with van der Waals surface area (Å²) in [5.74, 6) is -0.471. The van der Waals surface area contributed by atoms with Gasteiger partial charge in [0.05, 0.1) is 0 Å². The minimum atomic E-state index is -1.09. The number of aryl methyl sites for hydroxylation is 1. The normalized spacial score (nSPS) is 14.1. The average Bonchev–Trinajstić information content (AvgIpc) is 3.34. The van der Waals surface area contributed by atoms with Crippen LogP contribution in [0.25, 0.3) is 0 Å². The zero-order chi connectivity index (χ0) is 20.6. The van der Waals surface area contributed by atoms with Gasteiger partial charge < -0.3 is 15.3 Å². The highest BCUT2D eigenvalue weighted by atomic mass is 32.2. The molecule has 29 heavy (non-hydrogen) atoms. The van der Waals surface area contributed by atoms with Crippen molar-refractivity contribution in [1.29, 1.82) is 0 Å². The number of benzene rings is 1. The summed E-state index contributed by atoms with van der Waals surface area (Å²) in [7, 11) is 0. The fourth-order valence-electron chi connectivity index (χ4n) is 3.14. The van der Waals surface area contributed by atoms with E-state index in [0.29, 0.717) is 17.3 Å². The molecule has 0 spiro atoms. The van der Waals surface area contributed by atoms with Crippen LogP contribution in [0.4, 0.5) is 9.80 Å². The number of carbonyl (C=O) groups is 2. The van der Waals surface area contributed by atoms with Gasteiger partial charge in [0, 0.05) is 12.3 Å². The maximum absolute atomic E-state index is 12.1. The Kier molecular flexibility index (Phi) is 7.91. The van der Waals surface area contributed by atoms with Gasteiger partial charge in [-0.3, -0.25) is 5.32 Å². The van der Waals surface area contributed by atoms with E-state index in [1.54, 1.807) is 0 Å². The van der Waals surface area contributed by atoms with Gasteiger partial charge in [0.1, 0.15) is 15.6 Å². The number of anilines is 1. The lowest BCUT2D eigenvalue weighted by molar-refractivity contribution is 0.0694. The van der Waals surface area contributed by atoms with Crippen molar-refractivity contribution in [3.8, 4) is 0 Å². The van der Waals surface area contributed by atoms with Crippen LogP contribution in [0.2, 0.25) is 0 Å². The van der Waals surface area contributed by atoms with Crippen LogP contribution in [0.1, 0.15) is 40.7 Å². The van der Waals surface area contributed by atoms with Gasteiger partial charge in [0.2, 0.25) is 0 Å². The number of nitrogens with zero attached hydrogens (tertiary/aromatic N) is 2. The Morgan fingerprint density at radius 2 is 1.97 bits per heavy atom. The van der Waals surface area contributed by atoms with Crippen LogP contribution in [0.15, 0.2) is 29.3 Å². The van der Waals surface area contributed by atoms with E-state index in [4.69, 9.17) is 0 Å². The number of carboxylic acids is 1. The second-order valence-corrected chi connectivity index (χ2v) is 8.79. The molecule has 2 heterocycles. The first-order valence-corrected chi connectivity index (χ1v) is 11.5. The van der Waals surface area contributed by atoms with Crippen LogP contribution >= 0.6 is 23.3 Å². The highest BCUT2D eigenvalue weighted by molar-refractivity contribution is 7.98. The summed E-state index contributed by atoms with van der Waals surface area (Å²) in [4.78, 5) is 26.3. The summed E-state index contributed by atoms with van der Waals surface area (Å²) in [6.45, 7) is 5.82. The maximum atomic E-state index is 12.1. The van der Waals surface area contributed by atoms with Crippen LogP contribution in [0.3, 0.4) is 0 Å². The van der Waals surface area contributed by atoms with E-state index in [1.807, 2.05) is 31.2 Å². The highest BCUT2D eigenvalue weighted by Gasteiger charge is 2.22. The Morgan fingerprint density at radius 1 is 1.24 bits per heavy atom. The Morgan fingerprint density at radius 3 is 2.66 bits per heavy atom. The number of carboxylic acid groups (broad SMARTS) is 1. The fraction of sp³-hybridized carbons (Fsp3) is 0.450. The molecule has 0 bridgehead atoms.